The zero-order chi connectivity index (χ0) is 55.4. The lowest BCUT2D eigenvalue weighted by molar-refractivity contribution is -0.145. The molecule has 1 saturated carbocycles. The van der Waals surface area contributed by atoms with E-state index in [4.69, 9.17) is 56.8 Å². The summed E-state index contributed by atoms with van der Waals surface area (Å²) in [6.07, 6.45) is 6.01. The summed E-state index contributed by atoms with van der Waals surface area (Å²) >= 11 is 0. The molecule has 0 heterocycles. The number of carbonyl (C=O) groups is 8. The van der Waals surface area contributed by atoms with Crippen LogP contribution in [-0.4, -0.2) is 115 Å². The number of carbonyl (C=O) groups excluding carboxylic acids is 8. The lowest BCUT2D eigenvalue weighted by atomic mass is 9.82. The fourth-order valence-corrected chi connectivity index (χ4v) is 7.29. The fourth-order valence-electron chi connectivity index (χ4n) is 7.29. The first-order valence-electron chi connectivity index (χ1n) is 24.8. The Balaban J connectivity index is 1.15. The van der Waals surface area contributed by atoms with Crippen LogP contribution in [-0.2, 0) is 47.6 Å². The summed E-state index contributed by atoms with van der Waals surface area (Å²) < 4.78 is 64.7. The monoisotopic (exact) mass is 1070 g/mol. The number of ether oxygens (including phenoxy) is 12. The highest BCUT2D eigenvalue weighted by atomic mass is 16.6. The number of unbranched alkanes of at least 4 members (excludes halogenated alkanes) is 2. The zero-order valence-corrected chi connectivity index (χ0v) is 43.0. The van der Waals surface area contributed by atoms with Crippen molar-refractivity contribution in [2.45, 2.75) is 57.8 Å². The Morgan fingerprint density at radius 3 is 1.19 bits per heavy atom. The second-order valence-electron chi connectivity index (χ2n) is 17.0. The maximum Gasteiger partial charge on any atom is 0.343 e. The van der Waals surface area contributed by atoms with Gasteiger partial charge in [-0.15, -0.1) is 0 Å². The van der Waals surface area contributed by atoms with Gasteiger partial charge in [-0.25, -0.2) is 28.8 Å². The topological polar surface area (TPSA) is 247 Å². The highest BCUT2D eigenvalue weighted by Crippen LogP contribution is 2.34. The Bertz CT molecular complexity index is 2650. The molecule has 4 aromatic rings. The van der Waals surface area contributed by atoms with Crippen LogP contribution < -0.4 is 28.4 Å². The van der Waals surface area contributed by atoms with Crippen molar-refractivity contribution in [3.05, 3.63) is 132 Å². The van der Waals surface area contributed by atoms with Crippen LogP contribution in [0.5, 0.6) is 34.5 Å². The zero-order valence-electron chi connectivity index (χ0n) is 43.0. The fraction of sp³-hybridized carbons (Fsp3) is 0.368. The third-order valence-electron chi connectivity index (χ3n) is 11.4. The molecule has 1 aliphatic rings. The van der Waals surface area contributed by atoms with Crippen molar-refractivity contribution >= 4 is 47.8 Å². The third kappa shape index (κ3) is 20.0. The molecule has 0 amide bonds. The highest BCUT2D eigenvalue weighted by molar-refractivity contribution is 5.98. The van der Waals surface area contributed by atoms with E-state index in [2.05, 4.69) is 13.2 Å². The van der Waals surface area contributed by atoms with Crippen LogP contribution in [0.2, 0.25) is 0 Å². The van der Waals surface area contributed by atoms with Gasteiger partial charge in [-0.3, -0.25) is 9.59 Å². The lowest BCUT2D eigenvalue weighted by Gasteiger charge is -2.26. The first-order chi connectivity index (χ1) is 37.3. The van der Waals surface area contributed by atoms with E-state index in [9.17, 15) is 38.4 Å². The van der Waals surface area contributed by atoms with Crippen molar-refractivity contribution < 1.29 is 95.2 Å². The largest absolute Gasteiger partial charge is 0.494 e. The molecule has 1 aliphatic carbocycles. The molecule has 0 atom stereocenters. The van der Waals surface area contributed by atoms with Gasteiger partial charge in [-0.05, 0) is 136 Å². The highest BCUT2D eigenvalue weighted by Gasteiger charge is 2.33. The van der Waals surface area contributed by atoms with E-state index < -0.39 is 59.6 Å². The quantitative estimate of drug-likeness (QED) is 0.0151. The molecule has 4 aromatic carbocycles. The molecule has 0 radical (unpaired) electrons. The van der Waals surface area contributed by atoms with Gasteiger partial charge >= 0.3 is 47.8 Å². The van der Waals surface area contributed by atoms with E-state index >= 15 is 0 Å². The average Bonchev–Trinajstić information content (AvgIpc) is 3.45. The number of hydrogen-bond acceptors (Lipinski definition) is 20. The van der Waals surface area contributed by atoms with E-state index in [-0.39, 0.29) is 104 Å². The summed E-state index contributed by atoms with van der Waals surface area (Å²) in [6, 6.07) is 20.2. The molecule has 410 valence electrons. The maximum atomic E-state index is 13.5. The van der Waals surface area contributed by atoms with Gasteiger partial charge in [0, 0.05) is 39.4 Å². The number of esters is 8. The number of methoxy groups -OCH3 is 2. The first-order valence-corrected chi connectivity index (χ1v) is 24.8. The molecule has 0 aliphatic heterocycles. The van der Waals surface area contributed by atoms with Crippen molar-refractivity contribution in [2.24, 2.45) is 11.8 Å². The van der Waals surface area contributed by atoms with Gasteiger partial charge in [0.1, 0.15) is 52.2 Å². The van der Waals surface area contributed by atoms with Crippen LogP contribution in [0.3, 0.4) is 0 Å². The minimum Gasteiger partial charge on any atom is -0.494 e. The van der Waals surface area contributed by atoms with Gasteiger partial charge in [0.05, 0.1) is 62.6 Å². The summed E-state index contributed by atoms with van der Waals surface area (Å²) in [7, 11) is 2.94. The molecule has 20 nitrogen and oxygen atoms in total. The molecule has 0 aromatic heterocycles. The van der Waals surface area contributed by atoms with Crippen LogP contribution in [0.25, 0.3) is 0 Å². The number of benzene rings is 4. The summed E-state index contributed by atoms with van der Waals surface area (Å²) in [5.74, 6) is -6.06. The predicted octanol–water partition coefficient (Wildman–Crippen LogP) is 8.22. The number of rotatable bonds is 31. The second kappa shape index (κ2) is 32.2. The summed E-state index contributed by atoms with van der Waals surface area (Å²) in [6.45, 7) is 8.16. The van der Waals surface area contributed by atoms with Gasteiger partial charge in [0.2, 0.25) is 0 Å². The van der Waals surface area contributed by atoms with E-state index in [1.807, 2.05) is 0 Å². The molecule has 0 unspecified atom stereocenters. The maximum absolute atomic E-state index is 13.5. The first kappa shape index (κ1) is 59.5. The molecular formula is C57H62O20. The molecule has 0 spiro atoms. The van der Waals surface area contributed by atoms with E-state index in [1.165, 1.54) is 74.9 Å². The van der Waals surface area contributed by atoms with E-state index in [0.717, 1.165) is 12.2 Å². The van der Waals surface area contributed by atoms with Gasteiger partial charge in [0.25, 0.3) is 0 Å². The van der Waals surface area contributed by atoms with Crippen molar-refractivity contribution in [2.75, 3.05) is 67.1 Å². The normalized spacial score (nSPS) is 13.6. The minimum absolute atomic E-state index is 0.00307. The molecule has 0 N–H and O–H groups in total. The van der Waals surface area contributed by atoms with Crippen LogP contribution in [0.15, 0.2) is 110 Å². The molecule has 0 saturated heterocycles. The van der Waals surface area contributed by atoms with Crippen molar-refractivity contribution in [3.8, 4) is 34.5 Å². The Hall–Kier alpha value is -8.36. The summed E-state index contributed by atoms with van der Waals surface area (Å²) in [4.78, 5) is 102. The number of hydrogen-bond donors (Lipinski definition) is 0. The predicted molar refractivity (Wildman–Crippen MR) is 273 cm³/mol. The van der Waals surface area contributed by atoms with Crippen molar-refractivity contribution in [1.29, 1.82) is 0 Å². The van der Waals surface area contributed by atoms with Crippen molar-refractivity contribution in [1.82, 2.24) is 0 Å². The Morgan fingerprint density at radius 2 is 0.792 bits per heavy atom. The van der Waals surface area contributed by atoms with E-state index in [1.54, 1.807) is 24.3 Å². The molecule has 20 heteroatoms. The molecule has 1 fully saturated rings. The third-order valence-corrected chi connectivity index (χ3v) is 11.4. The second-order valence-corrected chi connectivity index (χ2v) is 17.0. The Labute approximate surface area is 445 Å². The van der Waals surface area contributed by atoms with Gasteiger partial charge < -0.3 is 56.8 Å². The van der Waals surface area contributed by atoms with Crippen molar-refractivity contribution in [3.63, 3.8) is 0 Å². The molecule has 0 bridgehead atoms. The smallest absolute Gasteiger partial charge is 0.343 e. The van der Waals surface area contributed by atoms with Crippen LogP contribution >= 0.6 is 0 Å². The van der Waals surface area contributed by atoms with Gasteiger partial charge in [-0.2, -0.15) is 0 Å². The molecule has 5 rings (SSSR count). The van der Waals surface area contributed by atoms with Gasteiger partial charge in [0.15, 0.2) is 0 Å². The van der Waals surface area contributed by atoms with Gasteiger partial charge in [-0.1, -0.05) is 13.2 Å². The average molecular weight is 1070 g/mol. The summed E-state index contributed by atoms with van der Waals surface area (Å²) in [5, 5.41) is 0. The lowest BCUT2D eigenvalue weighted by Crippen LogP contribution is -2.30. The Kier molecular flexibility index (Phi) is 24.9. The van der Waals surface area contributed by atoms with Crippen LogP contribution in [0, 0.1) is 11.8 Å². The summed E-state index contributed by atoms with van der Waals surface area (Å²) in [5.41, 5.74) is -0.0475. The van der Waals surface area contributed by atoms with Crippen LogP contribution in [0.4, 0.5) is 0 Å². The Morgan fingerprint density at radius 1 is 0.416 bits per heavy atom. The standard InChI is InChI=1S/C57H62O20/c1-5-50(58)70-31-9-7-29-68-42-20-16-40(17-21-42)54(62)76-48-26-24-44(36-46(48)56(64)72-33-11-28-66-3)74-52(60)38-12-14-39(15-13-38)53(61)75-45-25-27-49(47(37-45)57(65)73-35-34-67-4)77-55(63)41-18-22-43(23-19-41)69-30-8-10-32-71-51(59)6-2/h5-6,16-27,36-39H,1-2,7-15,28-35H2,3-4H3. The minimum atomic E-state index is -0.865. The SMILES string of the molecule is C=CC(=O)OCCCCOc1ccc(C(=O)Oc2ccc(OC(=O)C3CCC(C(=O)Oc4ccc(OC(=O)c5ccc(OCCCCOC(=O)C=C)cc5)c(C(=O)OCCOC)c4)CC3)cc2C(=O)OCCCOC)cc1. The molecular weight excluding hydrogens is 1000 g/mol. The molecule has 77 heavy (non-hydrogen) atoms. The van der Waals surface area contributed by atoms with Crippen LogP contribution in [0.1, 0.15) is 99.2 Å². The van der Waals surface area contributed by atoms with E-state index in [0.29, 0.717) is 63.4 Å².